The summed E-state index contributed by atoms with van der Waals surface area (Å²) in [6.07, 6.45) is 6.15. The fraction of sp³-hybridized carbons (Fsp3) is 0.500. The van der Waals surface area contributed by atoms with E-state index in [1.165, 1.54) is 0 Å². The average Bonchev–Trinajstić information content (AvgIpc) is 2.56. The summed E-state index contributed by atoms with van der Waals surface area (Å²) in [6, 6.07) is 1.78. The topological polar surface area (TPSA) is 38.1 Å². The lowest BCUT2D eigenvalue weighted by Gasteiger charge is -2.19. The Kier molecular flexibility index (Phi) is 4.12. The molecule has 1 aromatic heterocycles. The third-order valence-corrected chi connectivity index (χ3v) is 2.28. The molecule has 0 aromatic carbocycles. The molecule has 0 bridgehead atoms. The largest absolute Gasteiger partial charge is 0.326 e. The predicted octanol–water partition coefficient (Wildman–Crippen LogP) is 1.21. The van der Waals surface area contributed by atoms with Crippen molar-refractivity contribution in [3.63, 3.8) is 0 Å². The van der Waals surface area contributed by atoms with Crippen molar-refractivity contribution in [1.29, 1.82) is 0 Å². The van der Waals surface area contributed by atoms with Crippen molar-refractivity contribution < 1.29 is 4.79 Å². The summed E-state index contributed by atoms with van der Waals surface area (Å²) in [6.45, 7) is 4.90. The van der Waals surface area contributed by atoms with Crippen LogP contribution in [0.3, 0.4) is 0 Å². The zero-order valence-corrected chi connectivity index (χ0v) is 10.0. The molecule has 0 aliphatic carbocycles. The second-order valence-corrected chi connectivity index (χ2v) is 3.73. The lowest BCUT2D eigenvalue weighted by atomic mass is 10.3. The van der Waals surface area contributed by atoms with Gasteiger partial charge in [0.05, 0.1) is 12.2 Å². The quantitative estimate of drug-likeness (QED) is 0.714. The molecular weight excluding hydrogens is 202 g/mol. The molecule has 0 saturated carbocycles. The summed E-state index contributed by atoms with van der Waals surface area (Å²) in [5, 5.41) is 4.15. The number of carbonyl (C=O) groups is 1. The highest BCUT2D eigenvalue weighted by Gasteiger charge is 2.17. The molecule has 0 aliphatic heterocycles. The van der Waals surface area contributed by atoms with E-state index in [-0.39, 0.29) is 5.91 Å². The fourth-order valence-electron chi connectivity index (χ4n) is 1.61. The monoisotopic (exact) mass is 219 g/mol. The molecule has 0 radical (unpaired) electrons. The second-order valence-electron chi connectivity index (χ2n) is 3.73. The number of hydrogen-bond donors (Lipinski definition) is 0. The minimum absolute atomic E-state index is 0.0529. The zero-order valence-electron chi connectivity index (χ0n) is 10.0. The first-order valence-corrected chi connectivity index (χ1v) is 5.33. The van der Waals surface area contributed by atoms with Crippen LogP contribution in [0.1, 0.15) is 29.5 Å². The van der Waals surface area contributed by atoms with Crippen molar-refractivity contribution in [2.45, 2.75) is 20.3 Å². The van der Waals surface area contributed by atoms with Crippen molar-refractivity contribution in [3.8, 4) is 12.3 Å². The number of aromatic nitrogens is 2. The van der Waals surface area contributed by atoms with Gasteiger partial charge < -0.3 is 4.90 Å². The molecular formula is C12H17N3O. The number of nitrogens with zero attached hydrogens (tertiary/aromatic N) is 3. The van der Waals surface area contributed by atoms with Gasteiger partial charge in [-0.25, -0.2) is 0 Å². The van der Waals surface area contributed by atoms with E-state index >= 15 is 0 Å². The maximum Gasteiger partial charge on any atom is 0.272 e. The first-order chi connectivity index (χ1) is 7.60. The van der Waals surface area contributed by atoms with Crippen LogP contribution >= 0.6 is 0 Å². The number of carbonyl (C=O) groups excluding carboxylic acids is 1. The smallest absolute Gasteiger partial charge is 0.272 e. The molecule has 1 amide bonds. The van der Waals surface area contributed by atoms with E-state index in [1.54, 1.807) is 22.7 Å². The molecule has 1 heterocycles. The van der Waals surface area contributed by atoms with Gasteiger partial charge in [-0.05, 0) is 19.4 Å². The fourth-order valence-corrected chi connectivity index (χ4v) is 1.61. The molecule has 1 aromatic rings. The summed E-state index contributed by atoms with van der Waals surface area (Å²) in [7, 11) is 1.76. The van der Waals surface area contributed by atoms with E-state index in [9.17, 15) is 4.79 Å². The maximum atomic E-state index is 12.1. The third-order valence-electron chi connectivity index (χ3n) is 2.28. The number of amides is 1. The molecule has 0 spiro atoms. The average molecular weight is 219 g/mol. The van der Waals surface area contributed by atoms with Crippen LogP contribution < -0.4 is 0 Å². The zero-order chi connectivity index (χ0) is 12.1. The van der Waals surface area contributed by atoms with Gasteiger partial charge in [-0.3, -0.25) is 9.48 Å². The number of hydrogen-bond acceptors (Lipinski definition) is 2. The summed E-state index contributed by atoms with van der Waals surface area (Å²) in [5.74, 6) is 2.45. The molecule has 0 atom stereocenters. The lowest BCUT2D eigenvalue weighted by molar-refractivity contribution is 0.0766. The van der Waals surface area contributed by atoms with Crippen LogP contribution in [-0.2, 0) is 7.05 Å². The van der Waals surface area contributed by atoms with E-state index in [0.717, 1.165) is 12.1 Å². The predicted molar refractivity (Wildman–Crippen MR) is 63.0 cm³/mol. The van der Waals surface area contributed by atoms with E-state index in [4.69, 9.17) is 6.42 Å². The van der Waals surface area contributed by atoms with Crippen LogP contribution in [0.15, 0.2) is 6.07 Å². The summed E-state index contributed by atoms with van der Waals surface area (Å²) in [4.78, 5) is 13.8. The molecule has 0 fully saturated rings. The summed E-state index contributed by atoms with van der Waals surface area (Å²) in [5.41, 5.74) is 1.42. The molecule has 1 rings (SSSR count). The Bertz CT molecular complexity index is 414. The highest BCUT2D eigenvalue weighted by molar-refractivity contribution is 5.92. The van der Waals surface area contributed by atoms with E-state index in [0.29, 0.717) is 18.8 Å². The van der Waals surface area contributed by atoms with Crippen LogP contribution in [0.25, 0.3) is 0 Å². The van der Waals surface area contributed by atoms with Gasteiger partial charge in [0, 0.05) is 13.6 Å². The minimum Gasteiger partial charge on any atom is -0.326 e. The second kappa shape index (κ2) is 5.36. The minimum atomic E-state index is -0.0529. The Labute approximate surface area is 96.2 Å². The van der Waals surface area contributed by atoms with Crippen molar-refractivity contribution >= 4 is 5.91 Å². The number of aryl methyl sites for hydroxylation is 2. The van der Waals surface area contributed by atoms with E-state index < -0.39 is 0 Å². The van der Waals surface area contributed by atoms with Crippen LogP contribution in [0.2, 0.25) is 0 Å². The van der Waals surface area contributed by atoms with Crippen LogP contribution in [-0.4, -0.2) is 33.7 Å². The Hall–Kier alpha value is -1.76. The Morgan fingerprint density at radius 3 is 2.81 bits per heavy atom. The summed E-state index contributed by atoms with van der Waals surface area (Å²) >= 11 is 0. The Balaban J connectivity index is 2.90. The highest BCUT2D eigenvalue weighted by atomic mass is 16.2. The molecule has 0 unspecified atom stereocenters. The molecule has 0 N–H and O–H groups in total. The van der Waals surface area contributed by atoms with Crippen molar-refractivity contribution in [2.75, 3.05) is 13.1 Å². The Morgan fingerprint density at radius 1 is 1.69 bits per heavy atom. The molecule has 4 nitrogen and oxygen atoms in total. The van der Waals surface area contributed by atoms with Crippen molar-refractivity contribution in [2.24, 2.45) is 7.05 Å². The van der Waals surface area contributed by atoms with Gasteiger partial charge in [-0.1, -0.05) is 12.8 Å². The van der Waals surface area contributed by atoms with Gasteiger partial charge in [0.2, 0.25) is 0 Å². The number of rotatable bonds is 4. The maximum absolute atomic E-state index is 12.1. The van der Waals surface area contributed by atoms with Crippen LogP contribution in [0.5, 0.6) is 0 Å². The molecule has 0 aliphatic rings. The van der Waals surface area contributed by atoms with Gasteiger partial charge in [-0.2, -0.15) is 5.10 Å². The van der Waals surface area contributed by atoms with E-state index in [1.807, 2.05) is 13.8 Å². The van der Waals surface area contributed by atoms with Gasteiger partial charge in [0.25, 0.3) is 5.91 Å². The van der Waals surface area contributed by atoms with Crippen LogP contribution in [0.4, 0.5) is 0 Å². The molecule has 86 valence electrons. The normalized spacial score (nSPS) is 9.88. The van der Waals surface area contributed by atoms with Crippen molar-refractivity contribution in [1.82, 2.24) is 14.7 Å². The summed E-state index contributed by atoms with van der Waals surface area (Å²) < 4.78 is 1.59. The molecule has 4 heteroatoms. The first-order valence-electron chi connectivity index (χ1n) is 5.33. The van der Waals surface area contributed by atoms with E-state index in [2.05, 4.69) is 11.0 Å². The molecule has 16 heavy (non-hydrogen) atoms. The first kappa shape index (κ1) is 12.3. The molecule has 0 saturated heterocycles. The van der Waals surface area contributed by atoms with Gasteiger partial charge in [-0.15, -0.1) is 6.42 Å². The van der Waals surface area contributed by atoms with Crippen molar-refractivity contribution in [3.05, 3.63) is 17.5 Å². The SMILES string of the molecule is C#CCN(CCC)C(=O)c1cc(C)nn1C. The van der Waals surface area contributed by atoms with Crippen LogP contribution in [0, 0.1) is 19.3 Å². The Morgan fingerprint density at radius 2 is 2.38 bits per heavy atom. The van der Waals surface area contributed by atoms with Gasteiger partial charge in [0.15, 0.2) is 0 Å². The highest BCUT2D eigenvalue weighted by Crippen LogP contribution is 2.06. The van der Waals surface area contributed by atoms with Gasteiger partial charge >= 0.3 is 0 Å². The lowest BCUT2D eigenvalue weighted by Crippen LogP contribution is -2.33. The standard InChI is InChI=1S/C12H17N3O/c1-5-7-15(8-6-2)12(16)11-9-10(3)13-14(11)4/h1,9H,6-8H2,2-4H3. The number of terminal acetylenes is 1. The third kappa shape index (κ3) is 2.63. The van der Waals surface area contributed by atoms with Gasteiger partial charge in [0.1, 0.15) is 5.69 Å².